The second kappa shape index (κ2) is 3.84. The van der Waals surface area contributed by atoms with Crippen LogP contribution in [0.25, 0.3) is 0 Å². The number of likely N-dealkylation sites (tertiary alicyclic amines) is 1. The van der Waals surface area contributed by atoms with E-state index in [1.54, 1.807) is 0 Å². The lowest BCUT2D eigenvalue weighted by Gasteiger charge is -2.22. The molecule has 1 N–H and O–H groups in total. The predicted octanol–water partition coefficient (Wildman–Crippen LogP) is 2.93. The number of nitrogens with zero attached hydrogens (tertiary/aromatic N) is 1. The number of hydrogen-bond acceptors (Lipinski definition) is 1. The van der Waals surface area contributed by atoms with E-state index < -0.39 is 0 Å². The van der Waals surface area contributed by atoms with Crippen molar-refractivity contribution in [2.45, 2.75) is 25.8 Å². The summed E-state index contributed by atoms with van der Waals surface area (Å²) in [7, 11) is 0. The summed E-state index contributed by atoms with van der Waals surface area (Å²) < 4.78 is 1.08. The zero-order chi connectivity index (χ0) is 9.26. The van der Waals surface area contributed by atoms with Crippen molar-refractivity contribution in [3.63, 3.8) is 0 Å². The van der Waals surface area contributed by atoms with Gasteiger partial charge in [-0.2, -0.15) is 0 Å². The molecule has 2 rings (SSSR count). The molecule has 3 heteroatoms. The lowest BCUT2D eigenvalue weighted by atomic mass is 10.2. The molecule has 2 nitrogen and oxygen atoms in total. The molecule has 0 aromatic carbocycles. The number of nitrogens with one attached hydrogen (secondary N) is 1. The number of hydrogen-bond donors (Lipinski definition) is 1. The fourth-order valence-corrected chi connectivity index (χ4v) is 2.31. The van der Waals surface area contributed by atoms with E-state index in [4.69, 9.17) is 0 Å². The van der Waals surface area contributed by atoms with Crippen molar-refractivity contribution in [2.24, 2.45) is 0 Å². The summed E-state index contributed by atoms with van der Waals surface area (Å²) in [5.41, 5.74) is 1.31. The molecule has 1 fully saturated rings. The van der Waals surface area contributed by atoms with Crippen LogP contribution in [-0.4, -0.2) is 23.0 Å². The Morgan fingerprint density at radius 2 is 2.08 bits per heavy atom. The van der Waals surface area contributed by atoms with Crippen LogP contribution in [0.5, 0.6) is 0 Å². The average molecular weight is 243 g/mol. The number of aromatic nitrogens is 1. The molecular formula is C10H15BrN2. The molecule has 1 aromatic rings. The number of rotatable bonds is 2. The lowest BCUT2D eigenvalue weighted by Crippen LogP contribution is -2.23. The Labute approximate surface area is 87.5 Å². The van der Waals surface area contributed by atoms with Gasteiger partial charge in [0.2, 0.25) is 0 Å². The minimum atomic E-state index is 0.536. The highest BCUT2D eigenvalue weighted by atomic mass is 79.9. The molecule has 1 atom stereocenters. The SMILES string of the molecule is CC(c1ccc(Br)[nH]1)N1CCCC1. The van der Waals surface area contributed by atoms with Crippen LogP contribution in [-0.2, 0) is 0 Å². The van der Waals surface area contributed by atoms with Crippen molar-refractivity contribution in [2.75, 3.05) is 13.1 Å². The Balaban J connectivity index is 2.07. The monoisotopic (exact) mass is 242 g/mol. The predicted molar refractivity (Wildman–Crippen MR) is 57.7 cm³/mol. The summed E-state index contributed by atoms with van der Waals surface area (Å²) in [6.07, 6.45) is 2.71. The van der Waals surface area contributed by atoms with Crippen molar-refractivity contribution < 1.29 is 0 Å². The van der Waals surface area contributed by atoms with Crippen molar-refractivity contribution in [1.29, 1.82) is 0 Å². The summed E-state index contributed by atoms with van der Waals surface area (Å²) in [5, 5.41) is 0. The summed E-state index contributed by atoms with van der Waals surface area (Å²) in [6, 6.07) is 4.77. The van der Waals surface area contributed by atoms with Crippen LogP contribution in [0.15, 0.2) is 16.7 Å². The molecule has 1 aliphatic heterocycles. The Bertz CT molecular complexity index is 276. The first-order chi connectivity index (χ1) is 6.27. The van der Waals surface area contributed by atoms with E-state index in [0.717, 1.165) is 4.60 Å². The molecule has 0 bridgehead atoms. The van der Waals surface area contributed by atoms with Gasteiger partial charge in [0.25, 0.3) is 0 Å². The molecule has 1 saturated heterocycles. The van der Waals surface area contributed by atoms with E-state index in [1.165, 1.54) is 31.6 Å². The van der Waals surface area contributed by atoms with E-state index in [-0.39, 0.29) is 0 Å². The average Bonchev–Trinajstić information content (AvgIpc) is 2.72. The smallest absolute Gasteiger partial charge is 0.0822 e. The van der Waals surface area contributed by atoms with Crippen molar-refractivity contribution >= 4 is 15.9 Å². The van der Waals surface area contributed by atoms with Crippen LogP contribution in [0.2, 0.25) is 0 Å². The first-order valence-electron chi connectivity index (χ1n) is 4.86. The molecule has 2 heterocycles. The standard InChI is InChI=1S/C10H15BrN2/c1-8(13-6-2-3-7-13)9-4-5-10(11)12-9/h4-5,8,12H,2-3,6-7H2,1H3. The van der Waals surface area contributed by atoms with Crippen LogP contribution in [0.1, 0.15) is 31.5 Å². The molecule has 0 spiro atoms. The highest BCUT2D eigenvalue weighted by molar-refractivity contribution is 9.10. The zero-order valence-corrected chi connectivity index (χ0v) is 9.47. The Morgan fingerprint density at radius 1 is 1.38 bits per heavy atom. The van der Waals surface area contributed by atoms with Gasteiger partial charge in [-0.05, 0) is 60.9 Å². The molecule has 1 unspecified atom stereocenters. The van der Waals surface area contributed by atoms with Gasteiger partial charge < -0.3 is 4.98 Å². The maximum absolute atomic E-state index is 3.43. The van der Waals surface area contributed by atoms with E-state index in [1.807, 2.05) is 0 Å². The fourth-order valence-electron chi connectivity index (χ4n) is 1.95. The third kappa shape index (κ3) is 1.97. The maximum atomic E-state index is 3.43. The highest BCUT2D eigenvalue weighted by Crippen LogP contribution is 2.24. The molecule has 13 heavy (non-hydrogen) atoms. The van der Waals surface area contributed by atoms with Gasteiger partial charge in [-0.25, -0.2) is 0 Å². The van der Waals surface area contributed by atoms with E-state index in [0.29, 0.717) is 6.04 Å². The third-order valence-electron chi connectivity index (χ3n) is 2.81. The molecular weight excluding hydrogens is 228 g/mol. The molecule has 1 aromatic heterocycles. The third-order valence-corrected chi connectivity index (χ3v) is 3.27. The van der Waals surface area contributed by atoms with Crippen LogP contribution < -0.4 is 0 Å². The van der Waals surface area contributed by atoms with Crippen molar-refractivity contribution in [1.82, 2.24) is 9.88 Å². The Kier molecular flexibility index (Phi) is 2.74. The van der Waals surface area contributed by atoms with Crippen molar-refractivity contribution in [3.8, 4) is 0 Å². The van der Waals surface area contributed by atoms with Crippen molar-refractivity contribution in [3.05, 3.63) is 22.4 Å². The number of aromatic amines is 1. The highest BCUT2D eigenvalue weighted by Gasteiger charge is 2.19. The van der Waals surface area contributed by atoms with Gasteiger partial charge in [0.1, 0.15) is 0 Å². The minimum absolute atomic E-state index is 0.536. The topological polar surface area (TPSA) is 19.0 Å². The van der Waals surface area contributed by atoms with Gasteiger partial charge in [0.05, 0.1) is 4.60 Å². The second-order valence-corrected chi connectivity index (χ2v) is 4.53. The molecule has 0 amide bonds. The van der Waals surface area contributed by atoms with E-state index >= 15 is 0 Å². The van der Waals surface area contributed by atoms with Gasteiger partial charge >= 0.3 is 0 Å². The number of H-pyrrole nitrogens is 1. The molecule has 1 aliphatic rings. The van der Waals surface area contributed by atoms with Gasteiger partial charge in [0.15, 0.2) is 0 Å². The normalized spacial score (nSPS) is 20.8. The van der Waals surface area contributed by atoms with Gasteiger partial charge in [-0.15, -0.1) is 0 Å². The van der Waals surface area contributed by atoms with Crippen LogP contribution >= 0.6 is 15.9 Å². The largest absolute Gasteiger partial charge is 0.352 e. The lowest BCUT2D eigenvalue weighted by molar-refractivity contribution is 0.259. The first kappa shape index (κ1) is 9.28. The van der Waals surface area contributed by atoms with E-state index in [2.05, 4.69) is 44.9 Å². The summed E-state index contributed by atoms with van der Waals surface area (Å²) in [6.45, 7) is 4.76. The summed E-state index contributed by atoms with van der Waals surface area (Å²) in [5.74, 6) is 0. The molecule has 0 saturated carbocycles. The molecule has 0 aliphatic carbocycles. The van der Waals surface area contributed by atoms with Crippen LogP contribution in [0.4, 0.5) is 0 Å². The quantitative estimate of drug-likeness (QED) is 0.846. The van der Waals surface area contributed by atoms with Gasteiger partial charge in [-0.3, -0.25) is 4.90 Å². The summed E-state index contributed by atoms with van der Waals surface area (Å²) in [4.78, 5) is 5.85. The van der Waals surface area contributed by atoms with E-state index in [9.17, 15) is 0 Å². The van der Waals surface area contributed by atoms with Crippen LogP contribution in [0, 0.1) is 0 Å². The second-order valence-electron chi connectivity index (χ2n) is 3.68. The Morgan fingerprint density at radius 3 is 2.62 bits per heavy atom. The first-order valence-corrected chi connectivity index (χ1v) is 5.65. The van der Waals surface area contributed by atoms with Crippen LogP contribution in [0.3, 0.4) is 0 Å². The van der Waals surface area contributed by atoms with Gasteiger partial charge in [-0.1, -0.05) is 0 Å². The summed E-state index contributed by atoms with van der Waals surface area (Å²) >= 11 is 3.43. The molecule has 0 radical (unpaired) electrons. The minimum Gasteiger partial charge on any atom is -0.352 e. The maximum Gasteiger partial charge on any atom is 0.0822 e. The zero-order valence-electron chi connectivity index (χ0n) is 7.89. The van der Waals surface area contributed by atoms with Gasteiger partial charge in [0, 0.05) is 11.7 Å². The fraction of sp³-hybridized carbons (Fsp3) is 0.600. The Hall–Kier alpha value is -0.280. The molecule has 72 valence electrons. The number of halogens is 1.